The topological polar surface area (TPSA) is 12.0 Å². The number of allylic oxidation sites excluding steroid dienone is 2. The Labute approximate surface area is 343 Å². The molecule has 1 spiro atoms. The molecule has 0 saturated heterocycles. The van der Waals surface area contributed by atoms with Crippen molar-refractivity contribution in [1.29, 1.82) is 0 Å². The molecule has 1 heteroatoms. The van der Waals surface area contributed by atoms with Gasteiger partial charge in [0.2, 0.25) is 0 Å². The van der Waals surface area contributed by atoms with Gasteiger partial charge in [0.25, 0.3) is 0 Å². The summed E-state index contributed by atoms with van der Waals surface area (Å²) < 4.78 is 0. The lowest BCUT2D eigenvalue weighted by Gasteiger charge is -2.31. The molecule has 0 bridgehead atoms. The van der Waals surface area contributed by atoms with E-state index in [-0.39, 0.29) is 11.5 Å². The molecule has 0 amide bonds. The molecule has 0 heterocycles. The average Bonchev–Trinajstić information content (AvgIpc) is 3.76. The first-order valence-electron chi connectivity index (χ1n) is 20.4. The highest BCUT2D eigenvalue weighted by Crippen LogP contribution is 2.62. The van der Waals surface area contributed by atoms with E-state index in [9.17, 15) is 0 Å². The molecule has 1 N–H and O–H groups in total. The molecular weight excluding hydrogens is 699 g/mol. The van der Waals surface area contributed by atoms with Crippen LogP contribution in [-0.4, -0.2) is 6.04 Å². The van der Waals surface area contributed by atoms with Gasteiger partial charge in [0, 0.05) is 5.69 Å². The first kappa shape index (κ1) is 36.7. The fourth-order valence-electron chi connectivity index (χ4n) is 8.95. The summed E-state index contributed by atoms with van der Waals surface area (Å²) >= 11 is 0. The smallest absolute Gasteiger partial charge is 0.0725 e. The Balaban J connectivity index is 0.000000188. The van der Waals surface area contributed by atoms with E-state index < -0.39 is 0 Å². The number of fused-ring (bicyclic) bond motifs is 10. The van der Waals surface area contributed by atoms with Crippen LogP contribution in [0, 0.1) is 13.8 Å². The highest BCUT2D eigenvalue weighted by Gasteiger charge is 2.51. The Morgan fingerprint density at radius 3 is 1.40 bits per heavy atom. The lowest BCUT2D eigenvalue weighted by Crippen LogP contribution is -2.26. The molecule has 0 saturated carbocycles. The fourth-order valence-corrected chi connectivity index (χ4v) is 8.95. The first-order valence-corrected chi connectivity index (χ1v) is 20.4. The van der Waals surface area contributed by atoms with Crippen LogP contribution in [0.4, 0.5) is 5.69 Å². The van der Waals surface area contributed by atoms with Gasteiger partial charge >= 0.3 is 0 Å². The van der Waals surface area contributed by atoms with E-state index in [4.69, 9.17) is 0 Å². The van der Waals surface area contributed by atoms with Crippen LogP contribution < -0.4 is 5.32 Å². The lowest BCUT2D eigenvalue weighted by atomic mass is 9.70. The number of nitrogens with one attached hydrogen (secondary N) is 1. The van der Waals surface area contributed by atoms with Crippen molar-refractivity contribution in [2.75, 3.05) is 5.32 Å². The highest BCUT2D eigenvalue weighted by molar-refractivity contribution is 5.95. The van der Waals surface area contributed by atoms with E-state index >= 15 is 0 Å². The van der Waals surface area contributed by atoms with Gasteiger partial charge in [-0.05, 0) is 105 Å². The Morgan fingerprint density at radius 2 is 0.845 bits per heavy atom. The zero-order chi connectivity index (χ0) is 39.3. The number of benzene rings is 8. The monoisotopic (exact) mass is 745 g/mol. The minimum absolute atomic E-state index is 0.221. The summed E-state index contributed by atoms with van der Waals surface area (Å²) in [6.07, 6.45) is 7.74. The third-order valence-corrected chi connectivity index (χ3v) is 11.7. The van der Waals surface area contributed by atoms with Crippen molar-refractivity contribution >= 4 is 11.3 Å². The number of hydrogen-bond acceptors (Lipinski definition) is 1. The second kappa shape index (κ2) is 16.3. The number of rotatable bonds is 4. The van der Waals surface area contributed by atoms with Gasteiger partial charge in [0.1, 0.15) is 0 Å². The van der Waals surface area contributed by atoms with Gasteiger partial charge in [-0.15, -0.1) is 0 Å². The normalized spacial score (nSPS) is 14.7. The van der Waals surface area contributed by atoms with Crippen LogP contribution in [0.2, 0.25) is 0 Å². The summed E-state index contributed by atoms with van der Waals surface area (Å²) in [6, 6.07) is 74.2. The molecule has 3 aliphatic rings. The molecule has 11 rings (SSSR count). The van der Waals surface area contributed by atoms with Crippen molar-refractivity contribution in [1.82, 2.24) is 0 Å². The molecule has 8 aromatic rings. The van der Waals surface area contributed by atoms with E-state index in [1.807, 2.05) is 42.5 Å². The zero-order valence-corrected chi connectivity index (χ0v) is 33.1. The Morgan fingerprint density at radius 1 is 0.414 bits per heavy atom. The Bertz CT molecular complexity index is 2630. The summed E-state index contributed by atoms with van der Waals surface area (Å²) in [5.74, 6) is 0. The van der Waals surface area contributed by atoms with E-state index in [0.717, 1.165) is 12.1 Å². The first-order chi connectivity index (χ1) is 28.6. The minimum atomic E-state index is -0.305. The van der Waals surface area contributed by atoms with Gasteiger partial charge in [-0.3, -0.25) is 0 Å². The summed E-state index contributed by atoms with van der Waals surface area (Å²) in [5.41, 5.74) is 19.6. The summed E-state index contributed by atoms with van der Waals surface area (Å²) in [6.45, 7) is 4.24. The van der Waals surface area contributed by atoms with Gasteiger partial charge in [0.15, 0.2) is 0 Å². The third kappa shape index (κ3) is 6.90. The maximum Gasteiger partial charge on any atom is 0.0725 e. The molecule has 0 aliphatic heterocycles. The SMILES string of the molecule is Cc1ccc(-c2ccccc2)cc1.Cc1ccc(NC2CC=CC=C2c2ccc3c(c2)C2(c4ccccc4-c4ccccc42)c2ccccc2-3)cc1.c1ccccc1. The van der Waals surface area contributed by atoms with Crippen LogP contribution in [-0.2, 0) is 5.41 Å². The Kier molecular flexibility index (Phi) is 10.3. The molecule has 280 valence electrons. The Hall–Kier alpha value is -6.96. The van der Waals surface area contributed by atoms with E-state index in [2.05, 4.69) is 201 Å². The zero-order valence-electron chi connectivity index (χ0n) is 33.1. The van der Waals surface area contributed by atoms with Gasteiger partial charge < -0.3 is 5.32 Å². The van der Waals surface area contributed by atoms with Crippen LogP contribution >= 0.6 is 0 Å². The van der Waals surface area contributed by atoms with Crippen LogP contribution in [0.25, 0.3) is 39.0 Å². The summed E-state index contributed by atoms with van der Waals surface area (Å²) in [7, 11) is 0. The van der Waals surface area contributed by atoms with Gasteiger partial charge in [-0.25, -0.2) is 0 Å². The predicted molar refractivity (Wildman–Crippen MR) is 246 cm³/mol. The maximum atomic E-state index is 3.81. The average molecular weight is 746 g/mol. The van der Waals surface area contributed by atoms with Crippen molar-refractivity contribution in [2.45, 2.75) is 31.7 Å². The number of aryl methyl sites for hydroxylation is 2. The van der Waals surface area contributed by atoms with E-state index in [1.54, 1.807) is 0 Å². The van der Waals surface area contributed by atoms with E-state index in [0.29, 0.717) is 0 Å². The molecule has 1 unspecified atom stereocenters. The summed E-state index contributed by atoms with van der Waals surface area (Å²) in [4.78, 5) is 0. The van der Waals surface area contributed by atoms with Crippen molar-refractivity contribution < 1.29 is 0 Å². The van der Waals surface area contributed by atoms with Crippen molar-refractivity contribution in [2.24, 2.45) is 0 Å². The van der Waals surface area contributed by atoms with Gasteiger partial charge in [-0.1, -0.05) is 217 Å². The molecule has 0 aromatic heterocycles. The number of anilines is 1. The fraction of sp³-hybridized carbons (Fsp3) is 0.0877. The minimum Gasteiger partial charge on any atom is -0.378 e. The van der Waals surface area contributed by atoms with Crippen LogP contribution in [0.5, 0.6) is 0 Å². The quantitative estimate of drug-likeness (QED) is 0.189. The van der Waals surface area contributed by atoms with E-state index in [1.165, 1.54) is 77.9 Å². The molecule has 8 aromatic carbocycles. The van der Waals surface area contributed by atoms with Crippen molar-refractivity contribution in [3.8, 4) is 33.4 Å². The molecule has 1 nitrogen and oxygen atoms in total. The van der Waals surface area contributed by atoms with Crippen molar-refractivity contribution in [3.05, 3.63) is 263 Å². The van der Waals surface area contributed by atoms with Crippen molar-refractivity contribution in [3.63, 3.8) is 0 Å². The second-order valence-corrected chi connectivity index (χ2v) is 15.4. The van der Waals surface area contributed by atoms with Crippen LogP contribution in [0.15, 0.2) is 224 Å². The third-order valence-electron chi connectivity index (χ3n) is 11.7. The van der Waals surface area contributed by atoms with Gasteiger partial charge in [-0.2, -0.15) is 0 Å². The number of hydrogen-bond donors (Lipinski definition) is 1. The lowest BCUT2D eigenvalue weighted by molar-refractivity contribution is 0.792. The standard InChI is InChI=1S/C38H29N.C13H12.C6H6/c1-25-18-21-27(22-19-25)39-37-17-9-5-10-28(37)26-20-23-32-31-13-4-8-16-35(31)38(36(32)24-26)33-14-6-2-11-29(33)30-12-3-7-15-34(30)38;1-11-7-9-13(10-8-11)12-5-3-2-4-6-12;1-2-4-6-5-3-1/h2-16,18-24,37,39H,17H2,1H3;2-10H,1H3;1-6H. The van der Waals surface area contributed by atoms with Crippen LogP contribution in [0.3, 0.4) is 0 Å². The molecule has 1 atom stereocenters. The molecule has 0 radical (unpaired) electrons. The second-order valence-electron chi connectivity index (χ2n) is 15.4. The largest absolute Gasteiger partial charge is 0.378 e. The molecule has 3 aliphatic carbocycles. The molecular formula is C57H47N. The van der Waals surface area contributed by atoms with Gasteiger partial charge in [0.05, 0.1) is 11.5 Å². The highest BCUT2D eigenvalue weighted by atomic mass is 14.9. The maximum absolute atomic E-state index is 3.81. The van der Waals surface area contributed by atoms with Crippen LogP contribution in [0.1, 0.15) is 45.4 Å². The predicted octanol–water partition coefficient (Wildman–Crippen LogP) is 14.5. The summed E-state index contributed by atoms with van der Waals surface area (Å²) in [5, 5.41) is 3.81. The molecule has 0 fully saturated rings. The molecule has 58 heavy (non-hydrogen) atoms.